The normalized spacial score (nSPS) is 12.7. The molecule has 0 radical (unpaired) electrons. The van der Waals surface area contributed by atoms with Gasteiger partial charge in [-0.15, -0.1) is 0 Å². The molecule has 3 nitrogen and oxygen atoms in total. The zero-order valence-electron chi connectivity index (χ0n) is 10.5. The molecule has 1 atom stereocenters. The first-order valence-corrected chi connectivity index (χ1v) is 5.89. The van der Waals surface area contributed by atoms with Crippen molar-refractivity contribution in [2.24, 2.45) is 0 Å². The molecule has 17 heavy (non-hydrogen) atoms. The minimum Gasteiger partial charge on any atom is -0.384 e. The topological polar surface area (TPSA) is 38.0 Å². The molecule has 3 heteroatoms. The van der Waals surface area contributed by atoms with Gasteiger partial charge in [0, 0.05) is 18.3 Å². The summed E-state index contributed by atoms with van der Waals surface area (Å²) in [6, 6.07) is 6.13. The summed E-state index contributed by atoms with van der Waals surface area (Å²) in [6.45, 7) is 6.90. The zero-order chi connectivity index (χ0) is 12.4. The van der Waals surface area contributed by atoms with Crippen LogP contribution in [0.4, 0.5) is 0 Å². The van der Waals surface area contributed by atoms with Crippen molar-refractivity contribution in [3.05, 3.63) is 52.8 Å². The van der Waals surface area contributed by atoms with Crippen molar-refractivity contribution < 1.29 is 5.11 Å². The van der Waals surface area contributed by atoms with E-state index in [1.165, 1.54) is 0 Å². The number of benzene rings is 1. The van der Waals surface area contributed by atoms with Gasteiger partial charge in [0.1, 0.15) is 6.10 Å². The molecule has 0 spiro atoms. The largest absolute Gasteiger partial charge is 0.384 e. The average molecular weight is 230 g/mol. The van der Waals surface area contributed by atoms with Crippen LogP contribution in [0.3, 0.4) is 0 Å². The van der Waals surface area contributed by atoms with Gasteiger partial charge in [0.25, 0.3) is 0 Å². The van der Waals surface area contributed by atoms with Crippen molar-refractivity contribution in [1.82, 2.24) is 9.78 Å². The van der Waals surface area contributed by atoms with Crippen LogP contribution >= 0.6 is 0 Å². The molecule has 0 aliphatic heterocycles. The average Bonchev–Trinajstić information content (AvgIpc) is 2.80. The van der Waals surface area contributed by atoms with Crippen LogP contribution in [0.1, 0.15) is 35.3 Å². The first-order valence-electron chi connectivity index (χ1n) is 5.89. The van der Waals surface area contributed by atoms with E-state index >= 15 is 0 Å². The number of aryl methyl sites for hydroxylation is 3. The van der Waals surface area contributed by atoms with Crippen LogP contribution < -0.4 is 0 Å². The van der Waals surface area contributed by atoms with Crippen molar-refractivity contribution in [2.75, 3.05) is 0 Å². The summed E-state index contributed by atoms with van der Waals surface area (Å²) in [5.41, 5.74) is 4.07. The smallest absolute Gasteiger partial charge is 0.107 e. The van der Waals surface area contributed by atoms with E-state index in [0.717, 1.165) is 28.8 Å². The second kappa shape index (κ2) is 4.72. The SMILES string of the molecule is CCn1cc(C(O)c2cc(C)ccc2C)cn1. The lowest BCUT2D eigenvalue weighted by molar-refractivity contribution is 0.219. The molecule has 0 saturated heterocycles. The molecule has 1 N–H and O–H groups in total. The lowest BCUT2D eigenvalue weighted by Gasteiger charge is -2.12. The maximum absolute atomic E-state index is 10.4. The third kappa shape index (κ3) is 2.39. The van der Waals surface area contributed by atoms with Crippen LogP contribution in [0.25, 0.3) is 0 Å². The quantitative estimate of drug-likeness (QED) is 0.880. The molecule has 90 valence electrons. The van der Waals surface area contributed by atoms with Crippen molar-refractivity contribution in [2.45, 2.75) is 33.4 Å². The van der Waals surface area contributed by atoms with E-state index < -0.39 is 6.10 Å². The van der Waals surface area contributed by atoms with Crippen LogP contribution in [0.15, 0.2) is 30.6 Å². The van der Waals surface area contributed by atoms with Gasteiger partial charge in [-0.1, -0.05) is 23.8 Å². The molecule has 2 aromatic rings. The van der Waals surface area contributed by atoms with E-state index in [1.807, 2.05) is 43.8 Å². The maximum atomic E-state index is 10.4. The fraction of sp³-hybridized carbons (Fsp3) is 0.357. The van der Waals surface area contributed by atoms with Gasteiger partial charge in [0.2, 0.25) is 0 Å². The third-order valence-corrected chi connectivity index (χ3v) is 3.02. The highest BCUT2D eigenvalue weighted by Gasteiger charge is 2.14. The molecule has 0 fully saturated rings. The standard InChI is InChI=1S/C14H18N2O/c1-4-16-9-12(8-15-16)14(17)13-7-10(2)5-6-11(13)3/h5-9,14,17H,4H2,1-3H3. The lowest BCUT2D eigenvalue weighted by Crippen LogP contribution is -2.01. The summed E-state index contributed by atoms with van der Waals surface area (Å²) in [4.78, 5) is 0. The van der Waals surface area contributed by atoms with Crippen LogP contribution in [-0.2, 0) is 6.54 Å². The van der Waals surface area contributed by atoms with Gasteiger partial charge in [-0.2, -0.15) is 5.10 Å². The Bertz CT molecular complexity index is 517. The number of hydrogen-bond donors (Lipinski definition) is 1. The molecule has 1 unspecified atom stereocenters. The summed E-state index contributed by atoms with van der Waals surface area (Å²) < 4.78 is 1.82. The Morgan fingerprint density at radius 1 is 1.35 bits per heavy atom. The number of aliphatic hydroxyl groups excluding tert-OH is 1. The molecular weight excluding hydrogens is 212 g/mol. The van der Waals surface area contributed by atoms with Gasteiger partial charge in [-0.05, 0) is 31.9 Å². The molecule has 0 bridgehead atoms. The molecule has 0 amide bonds. The van der Waals surface area contributed by atoms with Crippen molar-refractivity contribution >= 4 is 0 Å². The summed E-state index contributed by atoms with van der Waals surface area (Å²) in [7, 11) is 0. The first-order chi connectivity index (χ1) is 8.11. The fourth-order valence-electron chi connectivity index (χ4n) is 1.93. The lowest BCUT2D eigenvalue weighted by atomic mass is 9.98. The summed E-state index contributed by atoms with van der Waals surface area (Å²) >= 11 is 0. The molecule has 0 aliphatic carbocycles. The summed E-state index contributed by atoms with van der Waals surface area (Å²) in [5, 5.41) is 14.5. The Morgan fingerprint density at radius 2 is 2.12 bits per heavy atom. The summed E-state index contributed by atoms with van der Waals surface area (Å²) in [5.74, 6) is 0. The highest BCUT2D eigenvalue weighted by atomic mass is 16.3. The van der Waals surface area contributed by atoms with E-state index in [1.54, 1.807) is 6.20 Å². The predicted molar refractivity (Wildman–Crippen MR) is 67.9 cm³/mol. The highest BCUT2D eigenvalue weighted by molar-refractivity contribution is 5.36. The number of hydrogen-bond acceptors (Lipinski definition) is 2. The third-order valence-electron chi connectivity index (χ3n) is 3.02. The van der Waals surface area contributed by atoms with Crippen LogP contribution in [0.5, 0.6) is 0 Å². The Morgan fingerprint density at radius 3 is 2.76 bits per heavy atom. The van der Waals surface area contributed by atoms with Gasteiger partial charge >= 0.3 is 0 Å². The van der Waals surface area contributed by atoms with Crippen molar-refractivity contribution in [3.63, 3.8) is 0 Å². The fourth-order valence-corrected chi connectivity index (χ4v) is 1.93. The van der Waals surface area contributed by atoms with E-state index in [4.69, 9.17) is 0 Å². The minimum atomic E-state index is -0.588. The van der Waals surface area contributed by atoms with E-state index in [9.17, 15) is 5.11 Å². The Kier molecular flexibility index (Phi) is 3.29. The molecular formula is C14H18N2O. The molecule has 1 aromatic carbocycles. The first kappa shape index (κ1) is 11.9. The van der Waals surface area contributed by atoms with E-state index in [0.29, 0.717) is 0 Å². The van der Waals surface area contributed by atoms with Crippen LogP contribution in [0.2, 0.25) is 0 Å². The van der Waals surface area contributed by atoms with Gasteiger partial charge in [0.15, 0.2) is 0 Å². The van der Waals surface area contributed by atoms with Crippen molar-refractivity contribution in [3.8, 4) is 0 Å². The van der Waals surface area contributed by atoms with E-state index in [-0.39, 0.29) is 0 Å². The monoisotopic (exact) mass is 230 g/mol. The van der Waals surface area contributed by atoms with Gasteiger partial charge < -0.3 is 5.11 Å². The Balaban J connectivity index is 2.35. The zero-order valence-corrected chi connectivity index (χ0v) is 10.5. The molecule has 2 rings (SSSR count). The number of aromatic nitrogens is 2. The van der Waals surface area contributed by atoms with Gasteiger partial charge in [-0.25, -0.2) is 0 Å². The maximum Gasteiger partial charge on any atom is 0.107 e. The highest BCUT2D eigenvalue weighted by Crippen LogP contribution is 2.25. The van der Waals surface area contributed by atoms with Crippen LogP contribution in [-0.4, -0.2) is 14.9 Å². The molecule has 1 heterocycles. The molecule has 0 saturated carbocycles. The Labute approximate surface area is 102 Å². The summed E-state index contributed by atoms with van der Waals surface area (Å²) in [6.07, 6.45) is 3.04. The molecule has 0 aliphatic rings. The van der Waals surface area contributed by atoms with Crippen molar-refractivity contribution in [1.29, 1.82) is 0 Å². The van der Waals surface area contributed by atoms with Gasteiger partial charge in [0.05, 0.1) is 6.20 Å². The van der Waals surface area contributed by atoms with E-state index in [2.05, 4.69) is 11.2 Å². The molecule has 1 aromatic heterocycles. The van der Waals surface area contributed by atoms with Crippen LogP contribution in [0, 0.1) is 13.8 Å². The van der Waals surface area contributed by atoms with Gasteiger partial charge in [-0.3, -0.25) is 4.68 Å². The number of nitrogens with zero attached hydrogens (tertiary/aromatic N) is 2. The predicted octanol–water partition coefficient (Wildman–Crippen LogP) is 2.60. The second-order valence-electron chi connectivity index (χ2n) is 4.39. The number of aliphatic hydroxyl groups is 1. The number of rotatable bonds is 3. The minimum absolute atomic E-state index is 0.588. The second-order valence-corrected chi connectivity index (χ2v) is 4.39. The Hall–Kier alpha value is -1.61.